The third-order valence-electron chi connectivity index (χ3n) is 1.92. The lowest BCUT2D eigenvalue weighted by Crippen LogP contribution is -2.25. The average Bonchev–Trinajstić information content (AvgIpc) is 2.19. The molecule has 0 heterocycles. The molecule has 0 saturated carbocycles. The summed E-state index contributed by atoms with van der Waals surface area (Å²) >= 11 is 0. The van der Waals surface area contributed by atoms with Crippen LogP contribution in [0.2, 0.25) is 0 Å². The molecule has 1 atom stereocenters. The number of nitrogens with zero attached hydrogens (tertiary/aromatic N) is 1. The summed E-state index contributed by atoms with van der Waals surface area (Å²) in [5.74, 6) is 0. The van der Waals surface area contributed by atoms with E-state index in [1.807, 2.05) is 0 Å². The molecule has 1 unspecified atom stereocenters. The van der Waals surface area contributed by atoms with Crippen molar-refractivity contribution in [2.24, 2.45) is 0 Å². The number of rotatable bonds is 4. The Morgan fingerprint density at radius 1 is 1.40 bits per heavy atom. The highest BCUT2D eigenvalue weighted by Crippen LogP contribution is 2.12. The Bertz CT molecular complexity index is 448. The smallest absolute Gasteiger partial charge is 0.249 e. The van der Waals surface area contributed by atoms with Gasteiger partial charge in [-0.1, -0.05) is 25.1 Å². The molecule has 1 rings (SSSR count). The third kappa shape index (κ3) is 2.96. The monoisotopic (exact) mass is 224 g/mol. The Morgan fingerprint density at radius 3 is 2.47 bits per heavy atom. The normalized spacial score (nSPS) is 12.8. The molecule has 0 aromatic heterocycles. The fourth-order valence-corrected chi connectivity index (χ4v) is 2.31. The maximum atomic E-state index is 11.6. The van der Waals surface area contributed by atoms with E-state index in [9.17, 15) is 8.42 Å². The molecule has 80 valence electrons. The third-order valence-corrected chi connectivity index (χ3v) is 3.63. The van der Waals surface area contributed by atoms with Crippen molar-refractivity contribution < 1.29 is 8.42 Å². The lowest BCUT2D eigenvalue weighted by molar-refractivity contribution is 0.593. The average molecular weight is 224 g/mol. The highest BCUT2D eigenvalue weighted by atomic mass is 32.2. The molecule has 0 amide bonds. The highest BCUT2D eigenvalue weighted by Gasteiger charge is 2.22. The highest BCUT2D eigenvalue weighted by molar-refractivity contribution is 7.93. The molecule has 0 radical (unpaired) electrons. The van der Waals surface area contributed by atoms with Crippen molar-refractivity contribution in [2.75, 3.05) is 4.72 Å². The fraction of sp³-hybridized carbons (Fsp3) is 0.300. The number of sulfonamides is 1. The molecule has 0 aliphatic carbocycles. The van der Waals surface area contributed by atoms with Crippen LogP contribution < -0.4 is 4.72 Å². The second-order valence-electron chi connectivity index (χ2n) is 3.04. The maximum absolute atomic E-state index is 11.6. The van der Waals surface area contributed by atoms with Crippen molar-refractivity contribution in [1.82, 2.24) is 0 Å². The number of anilines is 1. The van der Waals surface area contributed by atoms with E-state index in [-0.39, 0.29) is 6.42 Å². The van der Waals surface area contributed by atoms with Crippen molar-refractivity contribution in [3.8, 4) is 6.07 Å². The van der Waals surface area contributed by atoms with Gasteiger partial charge in [-0.2, -0.15) is 5.26 Å². The second-order valence-corrected chi connectivity index (χ2v) is 4.90. The number of hydrogen-bond acceptors (Lipinski definition) is 3. The topological polar surface area (TPSA) is 70.0 Å². The minimum atomic E-state index is -3.59. The second kappa shape index (κ2) is 4.80. The molecule has 5 heteroatoms. The maximum Gasteiger partial charge on any atom is 0.249 e. The van der Waals surface area contributed by atoms with E-state index in [2.05, 4.69) is 4.72 Å². The van der Waals surface area contributed by atoms with E-state index in [0.29, 0.717) is 5.69 Å². The Labute approximate surface area is 89.6 Å². The van der Waals surface area contributed by atoms with Crippen LogP contribution in [0, 0.1) is 11.3 Å². The molecule has 0 spiro atoms. The number of benzene rings is 1. The summed E-state index contributed by atoms with van der Waals surface area (Å²) in [4.78, 5) is 0. The molecular weight excluding hydrogens is 212 g/mol. The van der Waals surface area contributed by atoms with Gasteiger partial charge >= 0.3 is 0 Å². The zero-order valence-corrected chi connectivity index (χ0v) is 9.16. The summed E-state index contributed by atoms with van der Waals surface area (Å²) < 4.78 is 25.6. The van der Waals surface area contributed by atoms with Crippen LogP contribution in [0.15, 0.2) is 30.3 Å². The predicted molar refractivity (Wildman–Crippen MR) is 58.7 cm³/mol. The van der Waals surface area contributed by atoms with Gasteiger partial charge in [0.25, 0.3) is 0 Å². The summed E-state index contributed by atoms with van der Waals surface area (Å²) in [6.45, 7) is 1.66. The van der Waals surface area contributed by atoms with Gasteiger partial charge in [-0.3, -0.25) is 4.72 Å². The summed E-state index contributed by atoms with van der Waals surface area (Å²) in [5, 5.41) is 7.67. The molecule has 0 aliphatic rings. The van der Waals surface area contributed by atoms with E-state index < -0.39 is 15.3 Å². The Morgan fingerprint density at radius 2 is 2.00 bits per heavy atom. The van der Waals surface area contributed by atoms with Crippen LogP contribution in [0.5, 0.6) is 0 Å². The van der Waals surface area contributed by atoms with Gasteiger partial charge in [0, 0.05) is 5.69 Å². The van der Waals surface area contributed by atoms with Crippen molar-refractivity contribution in [3.63, 3.8) is 0 Å². The summed E-state index contributed by atoms with van der Waals surface area (Å²) in [6.07, 6.45) is 0.276. The van der Waals surface area contributed by atoms with Crippen LogP contribution in [0.4, 0.5) is 5.69 Å². The first-order valence-corrected chi connectivity index (χ1v) is 6.11. The molecule has 0 bridgehead atoms. The minimum absolute atomic E-state index is 0.276. The Balaban J connectivity index is 2.87. The molecule has 1 aromatic carbocycles. The SMILES string of the molecule is CCC(C#N)S(=O)(=O)Nc1ccccc1. The van der Waals surface area contributed by atoms with E-state index in [1.54, 1.807) is 43.3 Å². The number of para-hydroxylation sites is 1. The largest absolute Gasteiger partial charge is 0.282 e. The van der Waals surface area contributed by atoms with Crippen molar-refractivity contribution in [3.05, 3.63) is 30.3 Å². The predicted octanol–water partition coefficient (Wildman–Crippen LogP) is 1.73. The van der Waals surface area contributed by atoms with E-state index in [0.717, 1.165) is 0 Å². The van der Waals surface area contributed by atoms with Gasteiger partial charge in [0.1, 0.15) is 0 Å². The van der Waals surface area contributed by atoms with Crippen molar-refractivity contribution in [1.29, 1.82) is 5.26 Å². The van der Waals surface area contributed by atoms with Gasteiger partial charge < -0.3 is 0 Å². The molecule has 4 nitrogen and oxygen atoms in total. The molecule has 15 heavy (non-hydrogen) atoms. The minimum Gasteiger partial charge on any atom is -0.282 e. The van der Waals surface area contributed by atoms with Gasteiger partial charge in [0.05, 0.1) is 6.07 Å². The fourth-order valence-electron chi connectivity index (χ4n) is 1.12. The van der Waals surface area contributed by atoms with Gasteiger partial charge in [-0.25, -0.2) is 8.42 Å². The summed E-state index contributed by atoms with van der Waals surface area (Å²) in [6, 6.07) is 10.3. The Kier molecular flexibility index (Phi) is 3.69. The number of hydrogen-bond donors (Lipinski definition) is 1. The first-order chi connectivity index (χ1) is 7.10. The lowest BCUT2D eigenvalue weighted by Gasteiger charge is -2.10. The van der Waals surface area contributed by atoms with Crippen LogP contribution in [0.1, 0.15) is 13.3 Å². The quantitative estimate of drug-likeness (QED) is 0.846. The van der Waals surface area contributed by atoms with E-state index >= 15 is 0 Å². The van der Waals surface area contributed by atoms with Crippen molar-refractivity contribution in [2.45, 2.75) is 18.6 Å². The molecular formula is C10H12N2O2S. The molecule has 0 saturated heterocycles. The van der Waals surface area contributed by atoms with Gasteiger partial charge in [0.15, 0.2) is 5.25 Å². The Hall–Kier alpha value is -1.54. The lowest BCUT2D eigenvalue weighted by atomic mass is 10.3. The van der Waals surface area contributed by atoms with Crippen LogP contribution in [-0.4, -0.2) is 13.7 Å². The van der Waals surface area contributed by atoms with Crippen LogP contribution in [0.3, 0.4) is 0 Å². The molecule has 0 aliphatic heterocycles. The van der Waals surface area contributed by atoms with Crippen LogP contribution in [0.25, 0.3) is 0 Å². The first kappa shape index (κ1) is 11.5. The molecule has 0 fully saturated rings. The zero-order chi connectivity index (χ0) is 11.3. The molecule has 1 N–H and O–H groups in total. The van der Waals surface area contributed by atoms with Gasteiger partial charge in [0.2, 0.25) is 10.0 Å². The van der Waals surface area contributed by atoms with Gasteiger partial charge in [-0.15, -0.1) is 0 Å². The number of nitrogens with one attached hydrogen (secondary N) is 1. The molecule has 1 aromatic rings. The standard InChI is InChI=1S/C10H12N2O2S/c1-2-10(8-11)15(13,14)12-9-6-4-3-5-7-9/h3-7,10,12H,2H2,1H3. The van der Waals surface area contributed by atoms with E-state index in [4.69, 9.17) is 5.26 Å². The van der Waals surface area contributed by atoms with Crippen LogP contribution >= 0.6 is 0 Å². The van der Waals surface area contributed by atoms with E-state index in [1.165, 1.54) is 0 Å². The van der Waals surface area contributed by atoms with Gasteiger partial charge in [-0.05, 0) is 18.6 Å². The van der Waals surface area contributed by atoms with Crippen LogP contribution in [-0.2, 0) is 10.0 Å². The first-order valence-electron chi connectivity index (χ1n) is 4.56. The summed E-state index contributed by atoms with van der Waals surface area (Å²) in [5.41, 5.74) is 0.478. The zero-order valence-electron chi connectivity index (χ0n) is 8.34. The van der Waals surface area contributed by atoms with Crippen molar-refractivity contribution >= 4 is 15.7 Å². The number of nitriles is 1. The summed E-state index contributed by atoms with van der Waals surface area (Å²) in [7, 11) is -3.59.